The Morgan fingerprint density at radius 3 is 2.67 bits per heavy atom. The molecule has 64 valence electrons. The average Bonchev–Trinajstić information content (AvgIpc) is 2.08. The number of benzene rings is 1. The minimum absolute atomic E-state index is 0.0741. The first-order valence-corrected chi connectivity index (χ1v) is 3.59. The van der Waals surface area contributed by atoms with E-state index in [-0.39, 0.29) is 17.1 Å². The van der Waals surface area contributed by atoms with Crippen LogP contribution in [-0.4, -0.2) is 18.5 Å². The molecule has 3 nitrogen and oxygen atoms in total. The normalized spacial score (nSPS) is 9.50. The van der Waals surface area contributed by atoms with Crippen molar-refractivity contribution in [3.05, 3.63) is 22.7 Å². The van der Waals surface area contributed by atoms with Gasteiger partial charge in [0.15, 0.2) is 12.0 Å². The fourth-order valence-electron chi connectivity index (χ4n) is 0.884. The molecule has 0 aliphatic rings. The zero-order valence-corrected chi connectivity index (χ0v) is 7.13. The number of phenolic OH excluding ortho intramolecular Hbond substituents is 1. The third-order valence-electron chi connectivity index (χ3n) is 1.45. The summed E-state index contributed by atoms with van der Waals surface area (Å²) in [7, 11) is 1.38. The number of hydrogen-bond donors (Lipinski definition) is 1. The Hall–Kier alpha value is -1.22. The number of halogens is 1. The van der Waals surface area contributed by atoms with Crippen molar-refractivity contribution in [3.8, 4) is 11.5 Å². The first-order chi connectivity index (χ1) is 5.70. The molecule has 0 aliphatic carbocycles. The van der Waals surface area contributed by atoms with Gasteiger partial charge >= 0.3 is 0 Å². The Labute approximate surface area is 74.5 Å². The van der Waals surface area contributed by atoms with Crippen molar-refractivity contribution >= 4 is 17.9 Å². The van der Waals surface area contributed by atoms with E-state index in [2.05, 4.69) is 0 Å². The van der Waals surface area contributed by atoms with Crippen LogP contribution in [-0.2, 0) is 0 Å². The summed E-state index contributed by atoms with van der Waals surface area (Å²) in [5.41, 5.74) is 0.0741. The maximum Gasteiger partial charge on any atom is 0.157 e. The molecule has 12 heavy (non-hydrogen) atoms. The van der Waals surface area contributed by atoms with Crippen LogP contribution in [0.3, 0.4) is 0 Å². The van der Waals surface area contributed by atoms with Gasteiger partial charge in [0.05, 0.1) is 17.7 Å². The molecule has 0 saturated heterocycles. The number of aromatic hydroxyl groups is 1. The van der Waals surface area contributed by atoms with Gasteiger partial charge in [0.25, 0.3) is 0 Å². The first kappa shape index (κ1) is 8.87. The Kier molecular flexibility index (Phi) is 2.55. The van der Waals surface area contributed by atoms with Crippen molar-refractivity contribution < 1.29 is 14.6 Å². The predicted octanol–water partition coefficient (Wildman–Crippen LogP) is 1.87. The van der Waals surface area contributed by atoms with Crippen molar-refractivity contribution in [1.29, 1.82) is 0 Å². The second kappa shape index (κ2) is 3.45. The fraction of sp³-hybridized carbons (Fsp3) is 0.125. The van der Waals surface area contributed by atoms with Gasteiger partial charge in [0, 0.05) is 0 Å². The minimum atomic E-state index is -0.133. The molecule has 0 radical (unpaired) electrons. The van der Waals surface area contributed by atoms with Gasteiger partial charge in [-0.3, -0.25) is 4.79 Å². The van der Waals surface area contributed by atoms with E-state index in [4.69, 9.17) is 16.3 Å². The van der Waals surface area contributed by atoms with Gasteiger partial charge in [-0.05, 0) is 12.1 Å². The van der Waals surface area contributed by atoms with Crippen LogP contribution in [0, 0.1) is 0 Å². The van der Waals surface area contributed by atoms with Crippen LogP contribution in [0.25, 0.3) is 0 Å². The highest BCUT2D eigenvalue weighted by atomic mass is 35.5. The molecule has 0 saturated carbocycles. The lowest BCUT2D eigenvalue weighted by Gasteiger charge is -2.06. The SMILES string of the molecule is COc1c(Cl)ccc(O)c1C=O. The largest absolute Gasteiger partial charge is 0.507 e. The third kappa shape index (κ3) is 1.36. The van der Waals surface area contributed by atoms with Gasteiger partial charge in [0.2, 0.25) is 0 Å². The number of carbonyl (C=O) groups excluding carboxylic acids is 1. The summed E-state index contributed by atoms with van der Waals surface area (Å²) in [5, 5.41) is 9.48. The summed E-state index contributed by atoms with van der Waals surface area (Å²) in [5.74, 6) is 0.0675. The molecule has 0 aliphatic heterocycles. The summed E-state index contributed by atoms with van der Waals surface area (Å²) in [6, 6.07) is 2.80. The lowest BCUT2D eigenvalue weighted by atomic mass is 10.2. The molecular formula is C8H7ClO3. The van der Waals surface area contributed by atoms with E-state index in [9.17, 15) is 9.90 Å². The Bertz CT molecular complexity index is 309. The Morgan fingerprint density at radius 2 is 2.25 bits per heavy atom. The molecule has 0 aromatic heterocycles. The van der Waals surface area contributed by atoms with E-state index in [1.807, 2.05) is 0 Å². The molecule has 0 bridgehead atoms. The highest BCUT2D eigenvalue weighted by Crippen LogP contribution is 2.32. The highest BCUT2D eigenvalue weighted by molar-refractivity contribution is 6.32. The van der Waals surface area contributed by atoms with E-state index in [0.29, 0.717) is 11.3 Å². The lowest BCUT2D eigenvalue weighted by Crippen LogP contribution is -1.91. The number of rotatable bonds is 2. The molecule has 0 heterocycles. The fourth-order valence-corrected chi connectivity index (χ4v) is 1.13. The predicted molar refractivity (Wildman–Crippen MR) is 45.1 cm³/mol. The van der Waals surface area contributed by atoms with Gasteiger partial charge < -0.3 is 9.84 Å². The zero-order valence-electron chi connectivity index (χ0n) is 6.37. The molecule has 0 spiro atoms. The summed E-state index contributed by atoms with van der Waals surface area (Å²) in [6.45, 7) is 0. The van der Waals surface area contributed by atoms with E-state index in [0.717, 1.165) is 0 Å². The number of aldehydes is 1. The van der Waals surface area contributed by atoms with E-state index >= 15 is 0 Å². The highest BCUT2D eigenvalue weighted by Gasteiger charge is 2.10. The van der Waals surface area contributed by atoms with Gasteiger partial charge in [-0.1, -0.05) is 11.6 Å². The summed E-state index contributed by atoms with van der Waals surface area (Å²) in [4.78, 5) is 10.5. The van der Waals surface area contributed by atoms with Crippen molar-refractivity contribution in [3.63, 3.8) is 0 Å². The van der Waals surface area contributed by atoms with Crippen molar-refractivity contribution in [2.24, 2.45) is 0 Å². The van der Waals surface area contributed by atoms with Crippen molar-refractivity contribution in [2.45, 2.75) is 0 Å². The quantitative estimate of drug-likeness (QED) is 0.718. The van der Waals surface area contributed by atoms with Crippen LogP contribution in [0.2, 0.25) is 5.02 Å². The van der Waals surface area contributed by atoms with Gasteiger partial charge in [0.1, 0.15) is 5.75 Å². The number of methoxy groups -OCH3 is 1. The summed E-state index contributed by atoms with van der Waals surface area (Å²) in [6.07, 6.45) is 0.500. The monoisotopic (exact) mass is 186 g/mol. The molecule has 0 fully saturated rings. The minimum Gasteiger partial charge on any atom is -0.507 e. The van der Waals surface area contributed by atoms with Gasteiger partial charge in [-0.2, -0.15) is 0 Å². The van der Waals surface area contributed by atoms with Crippen LogP contribution < -0.4 is 4.74 Å². The molecule has 1 aromatic rings. The number of hydrogen-bond acceptors (Lipinski definition) is 3. The van der Waals surface area contributed by atoms with Crippen LogP contribution in [0.15, 0.2) is 12.1 Å². The standard InChI is InChI=1S/C8H7ClO3/c1-12-8-5(4-10)7(11)3-2-6(8)9/h2-4,11H,1H3. The topological polar surface area (TPSA) is 46.5 Å². The second-order valence-electron chi connectivity index (χ2n) is 2.13. The zero-order chi connectivity index (χ0) is 9.14. The average molecular weight is 187 g/mol. The Morgan fingerprint density at radius 1 is 1.58 bits per heavy atom. The van der Waals surface area contributed by atoms with Crippen molar-refractivity contribution in [1.82, 2.24) is 0 Å². The summed E-state index contributed by atoms with van der Waals surface area (Å²) < 4.78 is 4.82. The van der Waals surface area contributed by atoms with E-state index in [1.165, 1.54) is 19.2 Å². The molecule has 1 aromatic carbocycles. The number of carbonyl (C=O) groups is 1. The van der Waals surface area contributed by atoms with E-state index in [1.54, 1.807) is 0 Å². The Balaban J connectivity index is 3.38. The number of phenols is 1. The van der Waals surface area contributed by atoms with Crippen LogP contribution in [0.1, 0.15) is 10.4 Å². The molecule has 0 amide bonds. The number of ether oxygens (including phenoxy) is 1. The van der Waals surface area contributed by atoms with Gasteiger partial charge in [-0.15, -0.1) is 0 Å². The first-order valence-electron chi connectivity index (χ1n) is 3.21. The molecule has 1 rings (SSSR count). The van der Waals surface area contributed by atoms with Crippen LogP contribution >= 0.6 is 11.6 Å². The molecule has 1 N–H and O–H groups in total. The van der Waals surface area contributed by atoms with Crippen molar-refractivity contribution in [2.75, 3.05) is 7.11 Å². The molecule has 0 atom stereocenters. The maximum absolute atomic E-state index is 10.5. The second-order valence-corrected chi connectivity index (χ2v) is 2.54. The van der Waals surface area contributed by atoms with E-state index < -0.39 is 0 Å². The van der Waals surface area contributed by atoms with Crippen LogP contribution in [0.5, 0.6) is 11.5 Å². The molecular weight excluding hydrogens is 180 g/mol. The third-order valence-corrected chi connectivity index (χ3v) is 1.74. The summed E-state index contributed by atoms with van der Waals surface area (Å²) >= 11 is 5.69. The molecule has 4 heteroatoms. The van der Waals surface area contributed by atoms with Crippen LogP contribution in [0.4, 0.5) is 0 Å². The molecule has 0 unspecified atom stereocenters. The lowest BCUT2D eigenvalue weighted by molar-refractivity contribution is 0.111. The maximum atomic E-state index is 10.5. The van der Waals surface area contributed by atoms with Gasteiger partial charge in [-0.25, -0.2) is 0 Å². The smallest absolute Gasteiger partial charge is 0.157 e.